The molecule has 1 fully saturated rings. The standard InChI is InChI=1S/C24H42N2O6/c1-23(2,3)32-22(29)26-17-15-13-11-9-7-6-8-10-12-14-16-25-18-19-20(27)30-24(4,5)31-21(19)28/h18,25H,6-17H2,1-5H3,(H,26,29). The van der Waals surface area contributed by atoms with Crippen molar-refractivity contribution in [1.82, 2.24) is 10.6 Å². The smallest absolute Gasteiger partial charge is 0.407 e. The lowest BCUT2D eigenvalue weighted by atomic mass is 10.1. The van der Waals surface area contributed by atoms with E-state index in [2.05, 4.69) is 10.6 Å². The molecule has 0 atom stereocenters. The number of cyclic esters (lactones) is 2. The first-order valence-corrected chi connectivity index (χ1v) is 11.9. The molecule has 0 bridgehead atoms. The molecule has 0 aromatic carbocycles. The predicted molar refractivity (Wildman–Crippen MR) is 123 cm³/mol. The van der Waals surface area contributed by atoms with Crippen molar-refractivity contribution in [2.45, 2.75) is 110 Å². The van der Waals surface area contributed by atoms with Gasteiger partial charge in [0.15, 0.2) is 5.57 Å². The van der Waals surface area contributed by atoms with E-state index in [-0.39, 0.29) is 11.7 Å². The van der Waals surface area contributed by atoms with Crippen LogP contribution >= 0.6 is 0 Å². The number of amides is 1. The van der Waals surface area contributed by atoms with Crippen LogP contribution in [-0.4, -0.2) is 42.5 Å². The van der Waals surface area contributed by atoms with Crippen molar-refractivity contribution in [1.29, 1.82) is 0 Å². The summed E-state index contributed by atoms with van der Waals surface area (Å²) in [6.07, 6.45) is 12.5. The van der Waals surface area contributed by atoms with Gasteiger partial charge in [0.1, 0.15) is 5.60 Å². The highest BCUT2D eigenvalue weighted by Gasteiger charge is 2.38. The van der Waals surface area contributed by atoms with Gasteiger partial charge in [-0.1, -0.05) is 51.4 Å². The lowest BCUT2D eigenvalue weighted by Crippen LogP contribution is -2.42. The van der Waals surface area contributed by atoms with Crippen LogP contribution in [0.4, 0.5) is 4.79 Å². The Kier molecular flexibility index (Phi) is 12.2. The van der Waals surface area contributed by atoms with E-state index in [1.807, 2.05) is 20.8 Å². The van der Waals surface area contributed by atoms with Crippen LogP contribution in [0.5, 0.6) is 0 Å². The van der Waals surface area contributed by atoms with Gasteiger partial charge >= 0.3 is 18.0 Å². The highest BCUT2D eigenvalue weighted by Crippen LogP contribution is 2.22. The number of unbranched alkanes of at least 4 members (excludes halogenated alkanes) is 9. The maximum Gasteiger partial charge on any atom is 0.407 e. The lowest BCUT2D eigenvalue weighted by molar-refractivity contribution is -0.222. The van der Waals surface area contributed by atoms with E-state index >= 15 is 0 Å². The fraction of sp³-hybridized carbons (Fsp3) is 0.792. The Hall–Kier alpha value is -2.25. The van der Waals surface area contributed by atoms with Crippen molar-refractivity contribution < 1.29 is 28.6 Å². The number of nitrogens with one attached hydrogen (secondary N) is 2. The van der Waals surface area contributed by atoms with Gasteiger partial charge in [0.25, 0.3) is 5.79 Å². The summed E-state index contributed by atoms with van der Waals surface area (Å²) in [5.74, 6) is -2.51. The average molecular weight is 455 g/mol. The summed E-state index contributed by atoms with van der Waals surface area (Å²) in [6.45, 7) is 10.00. The Balaban J connectivity index is 1.90. The molecule has 8 nitrogen and oxygen atoms in total. The SMILES string of the molecule is CC(C)(C)OC(=O)NCCCCCCCCCCCCNC=C1C(=O)OC(C)(C)OC1=O. The molecule has 1 rings (SSSR count). The van der Waals surface area contributed by atoms with E-state index < -0.39 is 23.3 Å². The average Bonchev–Trinajstić information content (AvgIpc) is 2.64. The molecule has 1 heterocycles. The summed E-state index contributed by atoms with van der Waals surface area (Å²) in [5, 5.41) is 5.79. The Morgan fingerprint density at radius 3 is 1.75 bits per heavy atom. The van der Waals surface area contributed by atoms with Gasteiger partial charge in [0.05, 0.1) is 0 Å². The molecule has 1 amide bonds. The van der Waals surface area contributed by atoms with Crippen LogP contribution in [-0.2, 0) is 23.8 Å². The van der Waals surface area contributed by atoms with Crippen molar-refractivity contribution in [3.05, 3.63) is 11.8 Å². The molecule has 184 valence electrons. The van der Waals surface area contributed by atoms with Gasteiger partial charge in [0.2, 0.25) is 0 Å². The minimum absolute atomic E-state index is 0.0926. The molecular formula is C24H42N2O6. The fourth-order valence-corrected chi connectivity index (χ4v) is 3.22. The van der Waals surface area contributed by atoms with E-state index in [9.17, 15) is 14.4 Å². The molecule has 2 N–H and O–H groups in total. The first-order chi connectivity index (χ1) is 15.0. The first-order valence-electron chi connectivity index (χ1n) is 11.9. The van der Waals surface area contributed by atoms with E-state index in [0.29, 0.717) is 13.1 Å². The number of alkyl carbamates (subject to hydrolysis) is 1. The normalized spacial score (nSPS) is 15.6. The lowest BCUT2D eigenvalue weighted by Gasteiger charge is -2.29. The number of hydrogen-bond donors (Lipinski definition) is 2. The van der Waals surface area contributed by atoms with Gasteiger partial charge < -0.3 is 24.8 Å². The van der Waals surface area contributed by atoms with Crippen LogP contribution in [0.25, 0.3) is 0 Å². The monoisotopic (exact) mass is 454 g/mol. The number of carbonyl (C=O) groups excluding carboxylic acids is 3. The second-order valence-electron chi connectivity index (χ2n) is 9.66. The molecule has 0 spiro atoms. The van der Waals surface area contributed by atoms with Crippen LogP contribution < -0.4 is 10.6 Å². The number of carbonyl (C=O) groups is 3. The fourth-order valence-electron chi connectivity index (χ4n) is 3.22. The van der Waals surface area contributed by atoms with Gasteiger partial charge in [-0.3, -0.25) is 0 Å². The molecule has 1 aliphatic rings. The Morgan fingerprint density at radius 1 is 0.844 bits per heavy atom. The number of esters is 2. The first kappa shape index (κ1) is 27.8. The molecule has 0 unspecified atom stereocenters. The zero-order valence-corrected chi connectivity index (χ0v) is 20.5. The van der Waals surface area contributed by atoms with Gasteiger partial charge in [0, 0.05) is 33.1 Å². The van der Waals surface area contributed by atoms with Gasteiger partial charge in [-0.05, 0) is 33.6 Å². The van der Waals surface area contributed by atoms with Crippen LogP contribution in [0.15, 0.2) is 11.8 Å². The van der Waals surface area contributed by atoms with Crippen LogP contribution in [0, 0.1) is 0 Å². The summed E-state index contributed by atoms with van der Waals surface area (Å²) < 4.78 is 15.3. The molecule has 0 saturated carbocycles. The molecule has 0 aromatic rings. The molecule has 0 aliphatic carbocycles. The molecule has 0 radical (unpaired) electrons. The van der Waals surface area contributed by atoms with Crippen molar-refractivity contribution in [3.8, 4) is 0 Å². The third kappa shape index (κ3) is 13.2. The predicted octanol–water partition coefficient (Wildman–Crippen LogP) is 4.72. The Bertz CT molecular complexity index is 615. The molecule has 32 heavy (non-hydrogen) atoms. The van der Waals surface area contributed by atoms with Crippen molar-refractivity contribution in [2.75, 3.05) is 13.1 Å². The zero-order valence-electron chi connectivity index (χ0n) is 20.5. The van der Waals surface area contributed by atoms with Crippen molar-refractivity contribution >= 4 is 18.0 Å². The quantitative estimate of drug-likeness (QED) is 0.169. The van der Waals surface area contributed by atoms with E-state index in [4.69, 9.17) is 14.2 Å². The van der Waals surface area contributed by atoms with Gasteiger partial charge in [-0.25, -0.2) is 14.4 Å². The van der Waals surface area contributed by atoms with Gasteiger partial charge in [-0.15, -0.1) is 0 Å². The third-order valence-electron chi connectivity index (χ3n) is 4.78. The molecule has 0 aromatic heterocycles. The highest BCUT2D eigenvalue weighted by molar-refractivity contribution is 6.15. The number of rotatable bonds is 14. The molecule has 1 saturated heterocycles. The van der Waals surface area contributed by atoms with Crippen molar-refractivity contribution in [2.24, 2.45) is 0 Å². The van der Waals surface area contributed by atoms with Crippen LogP contribution in [0.3, 0.4) is 0 Å². The largest absolute Gasteiger partial charge is 0.444 e. The van der Waals surface area contributed by atoms with E-state index in [0.717, 1.165) is 25.7 Å². The number of hydrogen-bond acceptors (Lipinski definition) is 7. The summed E-state index contributed by atoms with van der Waals surface area (Å²) in [4.78, 5) is 35.1. The molecular weight excluding hydrogens is 412 g/mol. The van der Waals surface area contributed by atoms with E-state index in [1.165, 1.54) is 58.6 Å². The minimum Gasteiger partial charge on any atom is -0.444 e. The van der Waals surface area contributed by atoms with E-state index in [1.54, 1.807) is 0 Å². The van der Waals surface area contributed by atoms with Crippen LogP contribution in [0.1, 0.15) is 98.8 Å². The number of ether oxygens (including phenoxy) is 3. The van der Waals surface area contributed by atoms with Gasteiger partial charge in [-0.2, -0.15) is 0 Å². The molecule has 1 aliphatic heterocycles. The summed E-state index contributed by atoms with van der Waals surface area (Å²) >= 11 is 0. The molecule has 8 heteroatoms. The second-order valence-corrected chi connectivity index (χ2v) is 9.66. The third-order valence-corrected chi connectivity index (χ3v) is 4.78. The summed E-state index contributed by atoms with van der Waals surface area (Å²) in [6, 6.07) is 0. The highest BCUT2D eigenvalue weighted by atomic mass is 16.7. The summed E-state index contributed by atoms with van der Waals surface area (Å²) in [5.41, 5.74) is -0.541. The summed E-state index contributed by atoms with van der Waals surface area (Å²) in [7, 11) is 0. The Morgan fingerprint density at radius 2 is 1.28 bits per heavy atom. The van der Waals surface area contributed by atoms with Crippen LogP contribution in [0.2, 0.25) is 0 Å². The topological polar surface area (TPSA) is 103 Å². The Labute approximate surface area is 192 Å². The van der Waals surface area contributed by atoms with Crippen molar-refractivity contribution in [3.63, 3.8) is 0 Å². The zero-order chi connectivity index (χ0) is 24.0. The minimum atomic E-state index is -1.20. The second kappa shape index (κ2) is 14.0. The maximum absolute atomic E-state index is 11.8. The maximum atomic E-state index is 11.8.